The van der Waals surface area contributed by atoms with Gasteiger partial charge in [0.25, 0.3) is 0 Å². The van der Waals surface area contributed by atoms with E-state index in [0.717, 1.165) is 25.5 Å². The summed E-state index contributed by atoms with van der Waals surface area (Å²) < 4.78 is 18.1. The highest BCUT2D eigenvalue weighted by Crippen LogP contribution is 2.22. The third kappa shape index (κ3) is 12.0. The SMILES string of the molecule is C[SiH](C)O[Si](C)(CCCOCCCO)O[Si](C)(C)C. The summed E-state index contributed by atoms with van der Waals surface area (Å²) in [5.41, 5.74) is 0. The molecule has 0 saturated heterocycles. The van der Waals surface area contributed by atoms with Gasteiger partial charge in [0, 0.05) is 19.8 Å². The largest absolute Gasteiger partial charge is 0.439 e. The van der Waals surface area contributed by atoms with E-state index in [-0.39, 0.29) is 6.61 Å². The molecule has 0 aromatic carbocycles. The number of ether oxygens (including phenoxy) is 1. The molecule has 0 heterocycles. The van der Waals surface area contributed by atoms with E-state index in [1.54, 1.807) is 0 Å². The van der Waals surface area contributed by atoms with E-state index in [0.29, 0.717) is 6.61 Å². The van der Waals surface area contributed by atoms with Gasteiger partial charge in [-0.25, -0.2) is 0 Å². The van der Waals surface area contributed by atoms with Gasteiger partial charge < -0.3 is 18.1 Å². The smallest absolute Gasteiger partial charge is 0.314 e. The molecule has 4 nitrogen and oxygen atoms in total. The maximum atomic E-state index is 8.67. The van der Waals surface area contributed by atoms with E-state index in [1.807, 2.05) is 0 Å². The molecule has 0 bridgehead atoms. The lowest BCUT2D eigenvalue weighted by atomic mass is 10.5. The minimum atomic E-state index is -2.02. The van der Waals surface area contributed by atoms with Crippen LogP contribution in [0.25, 0.3) is 0 Å². The van der Waals surface area contributed by atoms with Crippen LogP contribution in [0.3, 0.4) is 0 Å². The molecule has 0 aromatic rings. The van der Waals surface area contributed by atoms with Gasteiger partial charge in [0.05, 0.1) is 0 Å². The van der Waals surface area contributed by atoms with Crippen molar-refractivity contribution >= 4 is 25.9 Å². The number of hydrogen-bond acceptors (Lipinski definition) is 4. The highest BCUT2D eigenvalue weighted by Gasteiger charge is 2.36. The summed E-state index contributed by atoms with van der Waals surface area (Å²) in [7, 11) is -4.65. The third-order valence-electron chi connectivity index (χ3n) is 2.37. The maximum Gasteiger partial charge on any atom is 0.314 e. The second kappa shape index (κ2) is 9.43. The average Bonchev–Trinajstić information content (AvgIpc) is 2.19. The van der Waals surface area contributed by atoms with Crippen molar-refractivity contribution < 1.29 is 18.1 Å². The Morgan fingerprint density at radius 3 is 2.05 bits per heavy atom. The summed E-state index contributed by atoms with van der Waals surface area (Å²) in [6, 6.07) is 1.00. The van der Waals surface area contributed by atoms with Crippen molar-refractivity contribution in [3.8, 4) is 0 Å². The van der Waals surface area contributed by atoms with Gasteiger partial charge >= 0.3 is 8.56 Å². The quantitative estimate of drug-likeness (QED) is 0.469. The lowest BCUT2D eigenvalue weighted by Crippen LogP contribution is -2.49. The lowest BCUT2D eigenvalue weighted by molar-refractivity contribution is 0.115. The van der Waals surface area contributed by atoms with Gasteiger partial charge in [0.2, 0.25) is 0 Å². The molecule has 0 aromatic heterocycles. The minimum Gasteiger partial charge on any atom is -0.439 e. The molecular formula is C12H32O4Si3. The molecule has 0 aliphatic rings. The van der Waals surface area contributed by atoms with Crippen LogP contribution in [0.15, 0.2) is 0 Å². The minimum absolute atomic E-state index is 0.202. The van der Waals surface area contributed by atoms with Crippen LogP contribution >= 0.6 is 0 Å². The zero-order chi connectivity index (χ0) is 14.9. The Bertz CT molecular complexity index is 234. The van der Waals surface area contributed by atoms with Crippen molar-refractivity contribution in [2.45, 2.75) is 58.2 Å². The Morgan fingerprint density at radius 1 is 1.00 bits per heavy atom. The second-order valence-electron chi connectivity index (χ2n) is 6.31. The predicted octanol–water partition coefficient (Wildman–Crippen LogP) is 2.70. The summed E-state index contributed by atoms with van der Waals surface area (Å²) in [5.74, 6) is 0. The lowest BCUT2D eigenvalue weighted by Gasteiger charge is -2.35. The fourth-order valence-corrected chi connectivity index (χ4v) is 13.5. The second-order valence-corrected chi connectivity index (χ2v) is 17.2. The maximum absolute atomic E-state index is 8.67. The molecule has 1 N–H and O–H groups in total. The summed E-state index contributed by atoms with van der Waals surface area (Å²) in [4.78, 5) is 0. The van der Waals surface area contributed by atoms with Gasteiger partial charge in [-0.15, -0.1) is 0 Å². The van der Waals surface area contributed by atoms with Crippen molar-refractivity contribution in [3.63, 3.8) is 0 Å². The summed E-state index contributed by atoms with van der Waals surface area (Å²) in [5, 5.41) is 8.67. The van der Waals surface area contributed by atoms with E-state index < -0.39 is 25.9 Å². The van der Waals surface area contributed by atoms with Crippen molar-refractivity contribution in [1.29, 1.82) is 0 Å². The molecule has 1 unspecified atom stereocenters. The van der Waals surface area contributed by atoms with E-state index in [1.165, 1.54) is 0 Å². The van der Waals surface area contributed by atoms with Gasteiger partial charge in [-0.05, 0) is 58.2 Å². The molecule has 0 aliphatic carbocycles. The van der Waals surface area contributed by atoms with Crippen LogP contribution in [0.5, 0.6) is 0 Å². The summed E-state index contributed by atoms with van der Waals surface area (Å²) >= 11 is 0. The first kappa shape index (κ1) is 19.5. The van der Waals surface area contributed by atoms with Crippen molar-refractivity contribution in [1.82, 2.24) is 0 Å². The van der Waals surface area contributed by atoms with Crippen LogP contribution in [0, 0.1) is 0 Å². The van der Waals surface area contributed by atoms with Crippen molar-refractivity contribution in [3.05, 3.63) is 0 Å². The van der Waals surface area contributed by atoms with Gasteiger partial charge in [0.1, 0.15) is 0 Å². The number of rotatable bonds is 11. The van der Waals surface area contributed by atoms with E-state index in [9.17, 15) is 0 Å². The molecule has 116 valence electrons. The molecular weight excluding hydrogens is 292 g/mol. The van der Waals surface area contributed by atoms with Gasteiger partial charge in [-0.1, -0.05) is 0 Å². The molecule has 1 atom stereocenters. The summed E-state index contributed by atoms with van der Waals surface area (Å²) in [6.07, 6.45) is 1.70. The zero-order valence-corrected chi connectivity index (χ0v) is 16.6. The molecule has 7 heteroatoms. The summed E-state index contributed by atoms with van der Waals surface area (Å²) in [6.45, 7) is 14.9. The van der Waals surface area contributed by atoms with E-state index >= 15 is 0 Å². The average molecular weight is 325 g/mol. The van der Waals surface area contributed by atoms with Crippen LogP contribution < -0.4 is 0 Å². The molecule has 19 heavy (non-hydrogen) atoms. The Hall–Kier alpha value is 0.491. The van der Waals surface area contributed by atoms with Gasteiger partial charge in [0.15, 0.2) is 17.4 Å². The molecule has 0 rings (SSSR count). The topological polar surface area (TPSA) is 47.9 Å². The van der Waals surface area contributed by atoms with Gasteiger partial charge in [-0.2, -0.15) is 0 Å². The molecule has 0 fully saturated rings. The molecule has 0 spiro atoms. The number of aliphatic hydroxyl groups excluding tert-OH is 1. The number of aliphatic hydroxyl groups is 1. The van der Waals surface area contributed by atoms with Crippen LogP contribution in [0.1, 0.15) is 12.8 Å². The van der Waals surface area contributed by atoms with Gasteiger partial charge in [-0.3, -0.25) is 0 Å². The van der Waals surface area contributed by atoms with E-state index in [4.69, 9.17) is 18.1 Å². The highest BCUT2D eigenvalue weighted by molar-refractivity contribution is 6.84. The molecule has 0 radical (unpaired) electrons. The van der Waals surface area contributed by atoms with Crippen molar-refractivity contribution in [2.24, 2.45) is 0 Å². The Labute approximate surface area is 122 Å². The molecule has 0 saturated carbocycles. The van der Waals surface area contributed by atoms with Crippen LogP contribution in [-0.2, 0) is 13.0 Å². The Balaban J connectivity index is 4.13. The first-order valence-electron chi connectivity index (χ1n) is 7.25. The fraction of sp³-hybridized carbons (Fsp3) is 1.00. The molecule has 0 aliphatic heterocycles. The molecule has 0 amide bonds. The van der Waals surface area contributed by atoms with Crippen LogP contribution in [0.4, 0.5) is 0 Å². The van der Waals surface area contributed by atoms with E-state index in [2.05, 4.69) is 39.3 Å². The monoisotopic (exact) mass is 324 g/mol. The zero-order valence-electron chi connectivity index (χ0n) is 13.5. The first-order chi connectivity index (χ1) is 8.68. The first-order valence-corrected chi connectivity index (χ1v) is 16.0. The highest BCUT2D eigenvalue weighted by atomic mass is 28.5. The standard InChI is InChI=1S/C12H32O4Si3/c1-17(2)15-19(6,16-18(3,4)5)12-8-11-14-10-7-9-13/h13,17H,7-12H2,1-6H3. The van der Waals surface area contributed by atoms with Crippen LogP contribution in [0.2, 0.25) is 45.3 Å². The third-order valence-corrected chi connectivity index (χ3v) is 11.7. The van der Waals surface area contributed by atoms with Crippen LogP contribution in [-0.4, -0.2) is 50.8 Å². The number of hydrogen-bond donors (Lipinski definition) is 1. The Kier molecular flexibility index (Phi) is 9.67. The van der Waals surface area contributed by atoms with Crippen molar-refractivity contribution in [2.75, 3.05) is 19.8 Å². The fourth-order valence-electron chi connectivity index (χ4n) is 2.04. The predicted molar refractivity (Wildman–Crippen MR) is 88.0 cm³/mol. The Morgan fingerprint density at radius 2 is 1.58 bits per heavy atom. The normalized spacial score (nSPS) is 15.8.